The van der Waals surface area contributed by atoms with Crippen LogP contribution in [-0.4, -0.2) is 41.9 Å². The SMILES string of the molecule is CCOC(=O)CC(c1ccccc1)N1CC(=O)N(C(C)C)c2ccc(CCc3cccc(C#N)c3)cc2C1=O. The second-order valence-electron chi connectivity index (χ2n) is 9.89. The molecule has 3 aromatic carbocycles. The molecule has 7 heteroatoms. The molecule has 0 bridgehead atoms. The highest BCUT2D eigenvalue weighted by atomic mass is 16.5. The summed E-state index contributed by atoms with van der Waals surface area (Å²) in [6.45, 7) is 5.67. The summed E-state index contributed by atoms with van der Waals surface area (Å²) in [6.07, 6.45) is 1.31. The average Bonchev–Trinajstić information content (AvgIpc) is 3.04. The van der Waals surface area contributed by atoms with Crippen LogP contribution in [0.5, 0.6) is 0 Å². The summed E-state index contributed by atoms with van der Waals surface area (Å²) < 4.78 is 5.22. The number of aryl methyl sites for hydroxylation is 2. The van der Waals surface area contributed by atoms with E-state index in [0.29, 0.717) is 29.7 Å². The molecule has 0 saturated heterocycles. The third-order valence-corrected chi connectivity index (χ3v) is 6.89. The zero-order valence-electron chi connectivity index (χ0n) is 22.6. The maximum atomic E-state index is 14.2. The fourth-order valence-electron chi connectivity index (χ4n) is 5.07. The van der Waals surface area contributed by atoms with Gasteiger partial charge in [-0.1, -0.05) is 48.5 Å². The summed E-state index contributed by atoms with van der Waals surface area (Å²) in [4.78, 5) is 43.5. The van der Waals surface area contributed by atoms with Gasteiger partial charge in [-0.3, -0.25) is 14.4 Å². The number of hydrogen-bond acceptors (Lipinski definition) is 5. The Kier molecular flexibility index (Phi) is 8.77. The number of hydrogen-bond donors (Lipinski definition) is 0. The van der Waals surface area contributed by atoms with Crippen molar-refractivity contribution in [2.24, 2.45) is 0 Å². The van der Waals surface area contributed by atoms with Crippen LogP contribution in [0.25, 0.3) is 0 Å². The lowest BCUT2D eigenvalue weighted by Crippen LogP contribution is -2.44. The Morgan fingerprint density at radius 2 is 1.69 bits per heavy atom. The van der Waals surface area contributed by atoms with Crippen molar-refractivity contribution >= 4 is 23.5 Å². The van der Waals surface area contributed by atoms with Crippen molar-refractivity contribution < 1.29 is 19.1 Å². The van der Waals surface area contributed by atoms with Crippen molar-refractivity contribution in [1.29, 1.82) is 5.26 Å². The van der Waals surface area contributed by atoms with Crippen LogP contribution < -0.4 is 4.90 Å². The second kappa shape index (κ2) is 12.4. The Morgan fingerprint density at radius 1 is 0.974 bits per heavy atom. The fourth-order valence-corrected chi connectivity index (χ4v) is 5.07. The molecule has 0 radical (unpaired) electrons. The Labute approximate surface area is 229 Å². The van der Waals surface area contributed by atoms with Gasteiger partial charge in [0.25, 0.3) is 5.91 Å². The van der Waals surface area contributed by atoms with Gasteiger partial charge in [-0.05, 0) is 74.6 Å². The summed E-state index contributed by atoms with van der Waals surface area (Å²) in [5.74, 6) is -0.930. The standard InChI is InChI=1S/C32H33N3O4/c1-4-39-31(37)19-29(26-11-6-5-7-12-26)34-21-30(36)35(22(2)3)28-16-15-24(18-27(28)32(34)38)14-13-23-9-8-10-25(17-23)20-33/h5-12,15-18,22,29H,4,13-14,19,21H2,1-3H3. The molecule has 3 aromatic rings. The van der Waals surface area contributed by atoms with Crippen LogP contribution in [-0.2, 0) is 27.2 Å². The van der Waals surface area contributed by atoms with Crippen molar-refractivity contribution in [3.8, 4) is 6.07 Å². The molecule has 0 N–H and O–H groups in total. The molecule has 0 spiro atoms. The molecular formula is C32H33N3O4. The van der Waals surface area contributed by atoms with Gasteiger partial charge in [-0.25, -0.2) is 0 Å². The number of anilines is 1. The molecule has 1 heterocycles. The lowest BCUT2D eigenvalue weighted by atomic mass is 9.98. The number of nitrogens with zero attached hydrogens (tertiary/aromatic N) is 3. The zero-order chi connectivity index (χ0) is 27.9. The first-order chi connectivity index (χ1) is 18.8. The molecular weight excluding hydrogens is 490 g/mol. The molecule has 1 aliphatic rings. The average molecular weight is 524 g/mol. The molecule has 0 saturated carbocycles. The number of benzene rings is 3. The first-order valence-corrected chi connectivity index (χ1v) is 13.3. The summed E-state index contributed by atoms with van der Waals surface area (Å²) in [5.41, 5.74) is 4.36. The van der Waals surface area contributed by atoms with E-state index in [2.05, 4.69) is 6.07 Å². The lowest BCUT2D eigenvalue weighted by molar-refractivity contribution is -0.144. The van der Waals surface area contributed by atoms with Crippen molar-refractivity contribution in [3.63, 3.8) is 0 Å². The van der Waals surface area contributed by atoms with Crippen molar-refractivity contribution in [1.82, 2.24) is 4.90 Å². The van der Waals surface area contributed by atoms with Gasteiger partial charge >= 0.3 is 5.97 Å². The number of nitriles is 1. The van der Waals surface area contributed by atoms with Gasteiger partial charge in [0, 0.05) is 6.04 Å². The Bertz CT molecular complexity index is 1390. The molecule has 200 valence electrons. The smallest absolute Gasteiger partial charge is 0.308 e. The van der Waals surface area contributed by atoms with Crippen molar-refractivity contribution in [2.45, 2.75) is 52.1 Å². The fraction of sp³-hybridized carbons (Fsp3) is 0.312. The summed E-state index contributed by atoms with van der Waals surface area (Å²) in [7, 11) is 0. The maximum Gasteiger partial charge on any atom is 0.308 e. The highest BCUT2D eigenvalue weighted by Crippen LogP contribution is 2.34. The number of carbonyl (C=O) groups is 3. The van der Waals surface area contributed by atoms with Crippen molar-refractivity contribution in [2.75, 3.05) is 18.1 Å². The van der Waals surface area contributed by atoms with Crippen molar-refractivity contribution in [3.05, 3.63) is 101 Å². The van der Waals surface area contributed by atoms with E-state index in [-0.39, 0.29) is 37.4 Å². The summed E-state index contributed by atoms with van der Waals surface area (Å²) in [6, 6.07) is 23.8. The molecule has 1 aliphatic heterocycles. The van der Waals surface area contributed by atoms with E-state index in [0.717, 1.165) is 16.7 Å². The minimum atomic E-state index is -0.654. The van der Waals surface area contributed by atoms with Crippen LogP contribution >= 0.6 is 0 Å². The molecule has 7 nitrogen and oxygen atoms in total. The van der Waals surface area contributed by atoms with Crippen LogP contribution in [0, 0.1) is 11.3 Å². The van der Waals surface area contributed by atoms with Gasteiger partial charge in [-0.2, -0.15) is 5.26 Å². The highest BCUT2D eigenvalue weighted by molar-refractivity contribution is 6.10. The maximum absolute atomic E-state index is 14.2. The zero-order valence-corrected chi connectivity index (χ0v) is 22.6. The third-order valence-electron chi connectivity index (χ3n) is 6.89. The minimum Gasteiger partial charge on any atom is -0.466 e. The first kappa shape index (κ1) is 27.6. The molecule has 0 aromatic heterocycles. The number of fused-ring (bicyclic) bond motifs is 1. The van der Waals surface area contributed by atoms with E-state index in [1.165, 1.54) is 4.90 Å². The Morgan fingerprint density at radius 3 is 2.36 bits per heavy atom. The van der Waals surface area contributed by atoms with Crippen LogP contribution in [0.3, 0.4) is 0 Å². The number of carbonyl (C=O) groups excluding carboxylic acids is 3. The number of ether oxygens (including phenoxy) is 1. The van der Waals surface area contributed by atoms with E-state index >= 15 is 0 Å². The minimum absolute atomic E-state index is 0.0528. The number of esters is 1. The van der Waals surface area contributed by atoms with Gasteiger partial charge in [0.1, 0.15) is 6.54 Å². The van der Waals surface area contributed by atoms with Crippen LogP contribution in [0.1, 0.15) is 65.8 Å². The van der Waals surface area contributed by atoms with Gasteiger partial charge in [0.2, 0.25) is 5.91 Å². The van der Waals surface area contributed by atoms with Crippen LogP contribution in [0.2, 0.25) is 0 Å². The molecule has 39 heavy (non-hydrogen) atoms. The third kappa shape index (κ3) is 6.35. The monoisotopic (exact) mass is 523 g/mol. The van der Waals surface area contributed by atoms with E-state index in [1.807, 2.05) is 80.6 Å². The van der Waals surface area contributed by atoms with Gasteiger partial charge < -0.3 is 14.5 Å². The van der Waals surface area contributed by atoms with Gasteiger partial charge in [-0.15, -0.1) is 0 Å². The molecule has 0 fully saturated rings. The first-order valence-electron chi connectivity index (χ1n) is 13.3. The predicted octanol–water partition coefficient (Wildman–Crippen LogP) is 5.24. The molecule has 1 atom stereocenters. The number of amides is 2. The van der Waals surface area contributed by atoms with E-state index in [4.69, 9.17) is 4.74 Å². The topological polar surface area (TPSA) is 90.7 Å². The van der Waals surface area contributed by atoms with Gasteiger partial charge in [0.15, 0.2) is 0 Å². The molecule has 2 amide bonds. The molecule has 4 rings (SSSR count). The van der Waals surface area contributed by atoms with Crippen LogP contribution in [0.15, 0.2) is 72.8 Å². The Hall–Kier alpha value is -4.44. The van der Waals surface area contributed by atoms with Gasteiger partial charge in [0.05, 0.1) is 42.0 Å². The van der Waals surface area contributed by atoms with Crippen LogP contribution in [0.4, 0.5) is 5.69 Å². The quantitative estimate of drug-likeness (QED) is 0.358. The van der Waals surface area contributed by atoms with E-state index in [9.17, 15) is 19.6 Å². The second-order valence-corrected chi connectivity index (χ2v) is 9.89. The largest absolute Gasteiger partial charge is 0.466 e. The highest BCUT2D eigenvalue weighted by Gasteiger charge is 2.37. The van der Waals surface area contributed by atoms with E-state index < -0.39 is 12.0 Å². The molecule has 1 unspecified atom stereocenters. The normalized spacial score (nSPS) is 14.0. The number of rotatable bonds is 9. The molecule has 0 aliphatic carbocycles. The predicted molar refractivity (Wildman–Crippen MR) is 149 cm³/mol. The summed E-state index contributed by atoms with van der Waals surface area (Å²) in [5, 5.41) is 9.21. The Balaban J connectivity index is 1.73. The lowest BCUT2D eigenvalue weighted by Gasteiger charge is -2.31. The summed E-state index contributed by atoms with van der Waals surface area (Å²) >= 11 is 0. The van der Waals surface area contributed by atoms with E-state index in [1.54, 1.807) is 17.9 Å².